The first kappa shape index (κ1) is 23.6. The summed E-state index contributed by atoms with van der Waals surface area (Å²) in [7, 11) is 0. The maximum atomic E-state index is 12.9. The van der Waals surface area contributed by atoms with Crippen LogP contribution in [-0.2, 0) is 20.9 Å². The summed E-state index contributed by atoms with van der Waals surface area (Å²) in [5.74, 6) is -0.388. The highest BCUT2D eigenvalue weighted by Gasteiger charge is 2.30. The highest BCUT2D eigenvalue weighted by Crippen LogP contribution is 2.21. The molecule has 0 bridgehead atoms. The molecule has 1 saturated heterocycles. The maximum absolute atomic E-state index is 12.9. The molecular weight excluding hydrogens is 384 g/mol. The SMILES string of the molecule is CC(C)(C)CC(NC(=O)N1CCOCC1)C(=O)N[C@@H](C#N)COCc1ccccc1. The van der Waals surface area contributed by atoms with Gasteiger partial charge in [-0.1, -0.05) is 51.1 Å². The summed E-state index contributed by atoms with van der Waals surface area (Å²) in [5.41, 5.74) is 0.801. The number of hydrogen-bond acceptors (Lipinski definition) is 5. The average molecular weight is 417 g/mol. The summed E-state index contributed by atoms with van der Waals surface area (Å²) in [6.07, 6.45) is 0.442. The van der Waals surface area contributed by atoms with Crippen LogP contribution in [0, 0.1) is 16.7 Å². The van der Waals surface area contributed by atoms with Crippen molar-refractivity contribution < 1.29 is 19.1 Å². The molecule has 1 unspecified atom stereocenters. The van der Waals surface area contributed by atoms with Crippen molar-refractivity contribution in [2.45, 2.75) is 45.9 Å². The van der Waals surface area contributed by atoms with Crippen LogP contribution >= 0.6 is 0 Å². The number of rotatable bonds is 8. The van der Waals surface area contributed by atoms with Gasteiger partial charge in [-0.05, 0) is 17.4 Å². The minimum absolute atomic E-state index is 0.0663. The second-order valence-electron chi connectivity index (χ2n) is 8.56. The molecule has 1 fully saturated rings. The maximum Gasteiger partial charge on any atom is 0.318 e. The number of nitrogens with one attached hydrogen (secondary N) is 2. The van der Waals surface area contributed by atoms with Crippen LogP contribution in [-0.4, -0.2) is 61.8 Å². The van der Waals surface area contributed by atoms with Gasteiger partial charge in [0.1, 0.15) is 12.1 Å². The molecule has 1 aromatic carbocycles. The smallest absolute Gasteiger partial charge is 0.318 e. The van der Waals surface area contributed by atoms with Crippen LogP contribution in [0.25, 0.3) is 0 Å². The molecule has 1 aromatic rings. The van der Waals surface area contributed by atoms with Crippen LogP contribution < -0.4 is 10.6 Å². The Morgan fingerprint density at radius 3 is 2.47 bits per heavy atom. The molecule has 1 aliphatic heterocycles. The van der Waals surface area contributed by atoms with E-state index in [-0.39, 0.29) is 24.0 Å². The van der Waals surface area contributed by atoms with Crippen molar-refractivity contribution in [3.8, 4) is 6.07 Å². The van der Waals surface area contributed by atoms with E-state index >= 15 is 0 Å². The Hall–Kier alpha value is -2.63. The van der Waals surface area contributed by atoms with Gasteiger partial charge < -0.3 is 25.0 Å². The molecular formula is C22H32N4O4. The molecule has 30 heavy (non-hydrogen) atoms. The molecule has 0 saturated carbocycles. The zero-order chi connectivity index (χ0) is 22.0. The van der Waals surface area contributed by atoms with E-state index in [4.69, 9.17) is 9.47 Å². The second kappa shape index (κ2) is 11.5. The number of carbonyl (C=O) groups is 2. The fourth-order valence-corrected chi connectivity index (χ4v) is 3.08. The van der Waals surface area contributed by atoms with Gasteiger partial charge in [0.2, 0.25) is 5.91 Å². The Morgan fingerprint density at radius 2 is 1.87 bits per heavy atom. The lowest BCUT2D eigenvalue weighted by molar-refractivity contribution is -0.124. The molecule has 2 rings (SSSR count). The lowest BCUT2D eigenvalue weighted by atomic mass is 9.87. The molecule has 0 spiro atoms. The number of nitrogens with zero attached hydrogens (tertiary/aromatic N) is 2. The third-order valence-electron chi connectivity index (χ3n) is 4.60. The van der Waals surface area contributed by atoms with E-state index in [9.17, 15) is 14.9 Å². The number of carbonyl (C=O) groups excluding carboxylic acids is 2. The second-order valence-corrected chi connectivity index (χ2v) is 8.56. The molecule has 1 aliphatic rings. The first-order valence-electron chi connectivity index (χ1n) is 10.2. The zero-order valence-electron chi connectivity index (χ0n) is 18.0. The van der Waals surface area contributed by atoms with E-state index in [1.54, 1.807) is 4.90 Å². The van der Waals surface area contributed by atoms with Gasteiger partial charge in [-0.15, -0.1) is 0 Å². The monoisotopic (exact) mass is 416 g/mol. The van der Waals surface area contributed by atoms with Crippen molar-refractivity contribution in [3.63, 3.8) is 0 Å². The van der Waals surface area contributed by atoms with Crippen LogP contribution in [0.4, 0.5) is 4.79 Å². The fraction of sp³-hybridized carbons (Fsp3) is 0.591. The molecule has 2 N–H and O–H groups in total. The lowest BCUT2D eigenvalue weighted by Gasteiger charge is -2.31. The largest absolute Gasteiger partial charge is 0.378 e. The number of morpholine rings is 1. The van der Waals surface area contributed by atoms with E-state index in [2.05, 4.69) is 16.7 Å². The summed E-state index contributed by atoms with van der Waals surface area (Å²) in [6, 6.07) is 9.82. The minimum atomic E-state index is -0.802. The molecule has 0 radical (unpaired) electrons. The molecule has 3 amide bonds. The highest BCUT2D eigenvalue weighted by molar-refractivity contribution is 5.87. The quantitative estimate of drug-likeness (QED) is 0.675. The lowest BCUT2D eigenvalue weighted by Crippen LogP contribution is -2.55. The van der Waals surface area contributed by atoms with Gasteiger partial charge in [0.15, 0.2) is 0 Å². The minimum Gasteiger partial charge on any atom is -0.378 e. The third kappa shape index (κ3) is 8.39. The molecule has 164 valence electrons. The van der Waals surface area contributed by atoms with E-state index in [0.717, 1.165) is 5.56 Å². The van der Waals surface area contributed by atoms with Gasteiger partial charge in [0.05, 0.1) is 32.5 Å². The van der Waals surface area contributed by atoms with Gasteiger partial charge >= 0.3 is 6.03 Å². The Morgan fingerprint density at radius 1 is 1.20 bits per heavy atom. The van der Waals surface area contributed by atoms with Crippen LogP contribution in [0.2, 0.25) is 0 Å². The standard InChI is InChI=1S/C22H32N4O4/c1-22(2,3)13-19(25-21(28)26-9-11-29-12-10-26)20(27)24-18(14-23)16-30-15-17-7-5-4-6-8-17/h4-8,18-19H,9-13,15-16H2,1-3H3,(H,24,27)(H,25,28)/t18-,19?/m0/s1. The first-order chi connectivity index (χ1) is 14.3. The molecule has 8 heteroatoms. The van der Waals surface area contributed by atoms with Crippen LogP contribution in [0.5, 0.6) is 0 Å². The van der Waals surface area contributed by atoms with Gasteiger partial charge in [0.25, 0.3) is 0 Å². The number of ether oxygens (including phenoxy) is 2. The topological polar surface area (TPSA) is 104 Å². The first-order valence-corrected chi connectivity index (χ1v) is 10.2. The Labute approximate surface area is 178 Å². The third-order valence-corrected chi connectivity index (χ3v) is 4.60. The van der Waals surface area contributed by atoms with Gasteiger partial charge in [0, 0.05) is 13.1 Å². The van der Waals surface area contributed by atoms with E-state index in [1.165, 1.54) is 0 Å². The fourth-order valence-electron chi connectivity index (χ4n) is 3.08. The Balaban J connectivity index is 1.92. The van der Waals surface area contributed by atoms with Crippen molar-refractivity contribution in [1.82, 2.24) is 15.5 Å². The van der Waals surface area contributed by atoms with E-state index in [0.29, 0.717) is 39.3 Å². The predicted octanol–water partition coefficient (Wildman–Crippen LogP) is 2.06. The highest BCUT2D eigenvalue weighted by atomic mass is 16.5. The van der Waals surface area contributed by atoms with Crippen molar-refractivity contribution in [2.24, 2.45) is 5.41 Å². The average Bonchev–Trinajstić information content (AvgIpc) is 2.72. The molecule has 2 atom stereocenters. The number of benzene rings is 1. The summed E-state index contributed by atoms with van der Waals surface area (Å²) in [6.45, 7) is 8.37. The Kier molecular flexibility index (Phi) is 9.09. The van der Waals surface area contributed by atoms with Crippen LogP contribution in [0.1, 0.15) is 32.8 Å². The zero-order valence-corrected chi connectivity index (χ0v) is 18.0. The number of nitriles is 1. The molecule has 0 aliphatic carbocycles. The summed E-state index contributed by atoms with van der Waals surface area (Å²) in [5, 5.41) is 14.9. The van der Waals surface area contributed by atoms with Gasteiger partial charge in [-0.2, -0.15) is 5.26 Å². The normalized spacial score (nSPS) is 16.3. The van der Waals surface area contributed by atoms with E-state index < -0.39 is 12.1 Å². The number of hydrogen-bond donors (Lipinski definition) is 2. The molecule has 0 aromatic heterocycles. The summed E-state index contributed by atoms with van der Waals surface area (Å²) in [4.78, 5) is 27.1. The summed E-state index contributed by atoms with van der Waals surface area (Å²) >= 11 is 0. The predicted molar refractivity (Wildman–Crippen MR) is 112 cm³/mol. The van der Waals surface area contributed by atoms with Crippen molar-refractivity contribution >= 4 is 11.9 Å². The molecule has 8 nitrogen and oxygen atoms in total. The van der Waals surface area contributed by atoms with Crippen molar-refractivity contribution in [3.05, 3.63) is 35.9 Å². The van der Waals surface area contributed by atoms with Gasteiger partial charge in [-0.3, -0.25) is 4.79 Å². The van der Waals surface area contributed by atoms with Crippen molar-refractivity contribution in [2.75, 3.05) is 32.9 Å². The molecule has 1 heterocycles. The van der Waals surface area contributed by atoms with Crippen molar-refractivity contribution in [1.29, 1.82) is 5.26 Å². The number of amides is 3. The number of urea groups is 1. The van der Waals surface area contributed by atoms with E-state index in [1.807, 2.05) is 51.1 Å². The van der Waals surface area contributed by atoms with Crippen LogP contribution in [0.15, 0.2) is 30.3 Å². The summed E-state index contributed by atoms with van der Waals surface area (Å²) < 4.78 is 10.9. The Bertz CT molecular complexity index is 721. The van der Waals surface area contributed by atoms with Crippen LogP contribution in [0.3, 0.4) is 0 Å². The van der Waals surface area contributed by atoms with Gasteiger partial charge in [-0.25, -0.2) is 4.79 Å².